The highest BCUT2D eigenvalue weighted by molar-refractivity contribution is 5.85. The van der Waals surface area contributed by atoms with Crippen LogP contribution in [0, 0.1) is 5.92 Å². The molecule has 1 atom stereocenters. The first-order valence-corrected chi connectivity index (χ1v) is 6.35. The molecular formula is C14H21ClF2N2O2. The smallest absolute Gasteiger partial charge is 0.387 e. The Hall–Kier alpha value is -1.40. The lowest BCUT2D eigenvalue weighted by molar-refractivity contribution is -0.132. The molecule has 0 saturated carbocycles. The zero-order valence-corrected chi connectivity index (χ0v) is 13.1. The number of ether oxygens (including phenoxy) is 1. The molecule has 21 heavy (non-hydrogen) atoms. The minimum atomic E-state index is -2.84. The van der Waals surface area contributed by atoms with E-state index in [4.69, 9.17) is 5.73 Å². The average Bonchev–Trinajstić information content (AvgIpc) is 2.38. The normalized spacial score (nSPS) is 12.0. The Morgan fingerprint density at radius 3 is 2.24 bits per heavy atom. The lowest BCUT2D eigenvalue weighted by Crippen LogP contribution is -2.44. The van der Waals surface area contributed by atoms with Gasteiger partial charge >= 0.3 is 6.61 Å². The molecule has 0 aliphatic rings. The quantitative estimate of drug-likeness (QED) is 0.876. The molecular weight excluding hydrogens is 302 g/mol. The Labute approximate surface area is 129 Å². The molecule has 1 aromatic carbocycles. The summed E-state index contributed by atoms with van der Waals surface area (Å²) in [5, 5.41) is 0. The first kappa shape index (κ1) is 19.6. The second-order valence-corrected chi connectivity index (χ2v) is 4.99. The minimum Gasteiger partial charge on any atom is -0.435 e. The van der Waals surface area contributed by atoms with Gasteiger partial charge in [0.1, 0.15) is 5.75 Å². The van der Waals surface area contributed by atoms with Crippen LogP contribution in [0.2, 0.25) is 0 Å². The van der Waals surface area contributed by atoms with Crippen LogP contribution >= 0.6 is 12.4 Å². The number of likely N-dealkylation sites (N-methyl/N-ethyl adjacent to an activating group) is 1. The SMILES string of the molecule is CC(C)C(N)C(=O)N(C)Cc1ccc(OC(F)F)cc1.Cl. The van der Waals surface area contributed by atoms with Gasteiger partial charge in [0.05, 0.1) is 6.04 Å². The van der Waals surface area contributed by atoms with Crippen molar-refractivity contribution in [3.05, 3.63) is 29.8 Å². The van der Waals surface area contributed by atoms with Crippen LogP contribution in [0.5, 0.6) is 5.75 Å². The molecule has 1 amide bonds. The molecule has 1 unspecified atom stereocenters. The van der Waals surface area contributed by atoms with Crippen molar-refractivity contribution in [2.24, 2.45) is 11.7 Å². The van der Waals surface area contributed by atoms with Gasteiger partial charge in [0, 0.05) is 13.6 Å². The highest BCUT2D eigenvalue weighted by Gasteiger charge is 2.21. The minimum absolute atomic E-state index is 0. The molecule has 1 rings (SSSR count). The topological polar surface area (TPSA) is 55.6 Å². The van der Waals surface area contributed by atoms with Crippen LogP contribution in [0.4, 0.5) is 8.78 Å². The maximum atomic E-state index is 12.0. The summed E-state index contributed by atoms with van der Waals surface area (Å²) in [5.41, 5.74) is 6.62. The van der Waals surface area contributed by atoms with Crippen molar-refractivity contribution in [1.82, 2.24) is 4.90 Å². The number of alkyl halides is 2. The number of nitrogens with zero attached hydrogens (tertiary/aromatic N) is 1. The van der Waals surface area contributed by atoms with E-state index in [2.05, 4.69) is 4.74 Å². The van der Waals surface area contributed by atoms with Crippen LogP contribution in [0.3, 0.4) is 0 Å². The summed E-state index contributed by atoms with van der Waals surface area (Å²) in [4.78, 5) is 13.5. The van der Waals surface area contributed by atoms with E-state index in [0.717, 1.165) is 5.56 Å². The second kappa shape index (κ2) is 8.79. The van der Waals surface area contributed by atoms with E-state index in [-0.39, 0.29) is 30.0 Å². The Bertz CT molecular complexity index is 441. The van der Waals surface area contributed by atoms with Gasteiger partial charge in [0.2, 0.25) is 5.91 Å². The van der Waals surface area contributed by atoms with Gasteiger partial charge in [-0.25, -0.2) is 0 Å². The fourth-order valence-electron chi connectivity index (χ4n) is 1.67. The van der Waals surface area contributed by atoms with Gasteiger partial charge in [-0.15, -0.1) is 12.4 Å². The summed E-state index contributed by atoms with van der Waals surface area (Å²) >= 11 is 0. The van der Waals surface area contributed by atoms with E-state index in [0.29, 0.717) is 6.54 Å². The van der Waals surface area contributed by atoms with Crippen molar-refractivity contribution in [1.29, 1.82) is 0 Å². The number of hydrogen-bond acceptors (Lipinski definition) is 3. The number of benzene rings is 1. The lowest BCUT2D eigenvalue weighted by Gasteiger charge is -2.23. The van der Waals surface area contributed by atoms with Gasteiger partial charge in [0.15, 0.2) is 0 Å². The van der Waals surface area contributed by atoms with Crippen LogP contribution in [0.15, 0.2) is 24.3 Å². The zero-order valence-electron chi connectivity index (χ0n) is 12.3. The number of carbonyl (C=O) groups is 1. The van der Waals surface area contributed by atoms with Crippen LogP contribution in [0.1, 0.15) is 19.4 Å². The standard InChI is InChI=1S/C14H20F2N2O2.ClH/c1-9(2)12(17)13(19)18(3)8-10-4-6-11(7-5-10)20-14(15)16;/h4-7,9,12,14H,8,17H2,1-3H3;1H. The predicted octanol–water partition coefficient (Wildman–Crippen LogP) is 2.65. The summed E-state index contributed by atoms with van der Waals surface area (Å²) in [6.45, 7) is 1.29. The molecule has 0 aliphatic carbocycles. The number of carbonyl (C=O) groups excluding carboxylic acids is 1. The van der Waals surface area contributed by atoms with Crippen molar-refractivity contribution < 1.29 is 18.3 Å². The van der Waals surface area contributed by atoms with Gasteiger partial charge < -0.3 is 15.4 Å². The first-order valence-electron chi connectivity index (χ1n) is 6.35. The Balaban J connectivity index is 0.00000400. The van der Waals surface area contributed by atoms with E-state index >= 15 is 0 Å². The van der Waals surface area contributed by atoms with Crippen molar-refractivity contribution in [3.8, 4) is 5.75 Å². The second-order valence-electron chi connectivity index (χ2n) is 4.99. The monoisotopic (exact) mass is 322 g/mol. The molecule has 0 aromatic heterocycles. The summed E-state index contributed by atoms with van der Waals surface area (Å²) in [6.07, 6.45) is 0. The third-order valence-corrected chi connectivity index (χ3v) is 2.95. The van der Waals surface area contributed by atoms with Crippen molar-refractivity contribution in [3.63, 3.8) is 0 Å². The van der Waals surface area contributed by atoms with Crippen LogP contribution in [0.25, 0.3) is 0 Å². The van der Waals surface area contributed by atoms with Gasteiger partial charge in [-0.2, -0.15) is 8.78 Å². The van der Waals surface area contributed by atoms with Crippen LogP contribution < -0.4 is 10.5 Å². The summed E-state index contributed by atoms with van der Waals surface area (Å²) in [5.74, 6) is 0.0105. The molecule has 0 saturated heterocycles. The third-order valence-electron chi connectivity index (χ3n) is 2.95. The number of halogens is 3. The maximum Gasteiger partial charge on any atom is 0.387 e. The molecule has 0 aliphatic heterocycles. The zero-order chi connectivity index (χ0) is 15.3. The molecule has 0 heterocycles. The van der Waals surface area contributed by atoms with Gasteiger partial charge in [-0.3, -0.25) is 4.79 Å². The van der Waals surface area contributed by atoms with Gasteiger partial charge in [-0.05, 0) is 23.6 Å². The van der Waals surface area contributed by atoms with E-state index in [1.807, 2.05) is 13.8 Å². The van der Waals surface area contributed by atoms with Crippen LogP contribution in [-0.2, 0) is 11.3 Å². The average molecular weight is 323 g/mol. The fourth-order valence-corrected chi connectivity index (χ4v) is 1.67. The van der Waals surface area contributed by atoms with Crippen LogP contribution in [-0.4, -0.2) is 30.5 Å². The van der Waals surface area contributed by atoms with Gasteiger partial charge in [0.25, 0.3) is 0 Å². The molecule has 0 fully saturated rings. The molecule has 2 N–H and O–H groups in total. The van der Waals surface area contributed by atoms with Crippen molar-refractivity contribution >= 4 is 18.3 Å². The largest absolute Gasteiger partial charge is 0.435 e. The molecule has 120 valence electrons. The summed E-state index contributed by atoms with van der Waals surface area (Å²) in [6, 6.07) is 5.64. The molecule has 0 radical (unpaired) electrons. The maximum absolute atomic E-state index is 12.0. The van der Waals surface area contributed by atoms with E-state index < -0.39 is 12.7 Å². The number of nitrogens with two attached hydrogens (primary N) is 1. The Morgan fingerprint density at radius 1 is 1.29 bits per heavy atom. The third kappa shape index (κ3) is 6.27. The first-order chi connectivity index (χ1) is 9.31. The molecule has 1 aromatic rings. The number of amides is 1. The van der Waals surface area contributed by atoms with Crippen molar-refractivity contribution in [2.75, 3.05) is 7.05 Å². The molecule has 7 heteroatoms. The highest BCUT2D eigenvalue weighted by Crippen LogP contribution is 2.16. The van der Waals surface area contributed by atoms with Gasteiger partial charge in [-0.1, -0.05) is 26.0 Å². The molecule has 0 bridgehead atoms. The number of hydrogen-bond donors (Lipinski definition) is 1. The number of rotatable bonds is 6. The summed E-state index contributed by atoms with van der Waals surface area (Å²) < 4.78 is 28.3. The Morgan fingerprint density at radius 2 is 1.81 bits per heavy atom. The van der Waals surface area contributed by atoms with E-state index in [1.165, 1.54) is 17.0 Å². The Kier molecular flexibility index (Phi) is 8.21. The van der Waals surface area contributed by atoms with E-state index in [9.17, 15) is 13.6 Å². The molecule has 0 spiro atoms. The van der Waals surface area contributed by atoms with Crippen molar-refractivity contribution in [2.45, 2.75) is 33.0 Å². The predicted molar refractivity (Wildman–Crippen MR) is 79.6 cm³/mol. The van der Waals surface area contributed by atoms with E-state index in [1.54, 1.807) is 19.2 Å². The highest BCUT2D eigenvalue weighted by atomic mass is 35.5. The summed E-state index contributed by atoms with van der Waals surface area (Å²) in [7, 11) is 1.66. The molecule has 4 nitrogen and oxygen atoms in total. The fraction of sp³-hybridized carbons (Fsp3) is 0.500. The lowest BCUT2D eigenvalue weighted by atomic mass is 10.0.